The van der Waals surface area contributed by atoms with Gasteiger partial charge in [0.1, 0.15) is 6.61 Å². The zero-order chi connectivity index (χ0) is 22.9. The SMILES string of the molecule is COc1cc(CNCCNc2ccc([N+](=O)[O-])cc2Cl)ccc1OCc1cccc(C)c1. The quantitative estimate of drug-likeness (QED) is 0.230. The van der Waals surface area contributed by atoms with Gasteiger partial charge in [0.15, 0.2) is 11.5 Å². The average Bonchev–Trinajstić information content (AvgIpc) is 2.78. The monoisotopic (exact) mass is 455 g/mol. The van der Waals surface area contributed by atoms with Crippen molar-refractivity contribution >= 4 is 23.0 Å². The second kappa shape index (κ2) is 11.4. The van der Waals surface area contributed by atoms with E-state index in [9.17, 15) is 10.1 Å². The van der Waals surface area contributed by atoms with Crippen LogP contribution in [-0.2, 0) is 13.2 Å². The molecule has 0 bridgehead atoms. The van der Waals surface area contributed by atoms with Gasteiger partial charge in [0.25, 0.3) is 5.69 Å². The largest absolute Gasteiger partial charge is 0.493 e. The molecular formula is C24H26ClN3O4. The van der Waals surface area contributed by atoms with Crippen LogP contribution in [0.4, 0.5) is 11.4 Å². The van der Waals surface area contributed by atoms with Gasteiger partial charge in [-0.25, -0.2) is 0 Å². The van der Waals surface area contributed by atoms with Crippen molar-refractivity contribution < 1.29 is 14.4 Å². The van der Waals surface area contributed by atoms with Gasteiger partial charge in [-0.15, -0.1) is 0 Å². The molecule has 8 heteroatoms. The van der Waals surface area contributed by atoms with E-state index in [0.29, 0.717) is 48.5 Å². The van der Waals surface area contributed by atoms with Gasteiger partial charge in [0.05, 0.1) is 22.7 Å². The number of anilines is 1. The number of hydrogen-bond acceptors (Lipinski definition) is 6. The van der Waals surface area contributed by atoms with Crippen molar-refractivity contribution in [2.45, 2.75) is 20.1 Å². The van der Waals surface area contributed by atoms with Gasteiger partial charge >= 0.3 is 0 Å². The molecular weight excluding hydrogens is 430 g/mol. The van der Waals surface area contributed by atoms with Gasteiger partial charge in [-0.05, 0) is 36.2 Å². The molecule has 2 N–H and O–H groups in total. The standard InChI is InChI=1S/C24H26ClN3O4/c1-17-4-3-5-19(12-17)16-32-23-9-6-18(13-24(23)31-2)15-26-10-11-27-22-8-7-20(28(29)30)14-21(22)25/h3-9,12-14,26-27H,10-11,15-16H2,1-2H3. The van der Waals surface area contributed by atoms with E-state index >= 15 is 0 Å². The van der Waals surface area contributed by atoms with Crippen molar-refractivity contribution in [3.63, 3.8) is 0 Å². The van der Waals surface area contributed by atoms with Gasteiger partial charge in [0.2, 0.25) is 0 Å². The fraction of sp³-hybridized carbons (Fsp3) is 0.250. The van der Waals surface area contributed by atoms with Crippen molar-refractivity contribution in [2.24, 2.45) is 0 Å². The van der Waals surface area contributed by atoms with Crippen molar-refractivity contribution in [1.29, 1.82) is 0 Å². The number of methoxy groups -OCH3 is 1. The molecule has 0 saturated carbocycles. The van der Waals surface area contributed by atoms with Crippen LogP contribution in [0, 0.1) is 17.0 Å². The number of rotatable bonds is 11. The second-order valence-corrected chi connectivity index (χ2v) is 7.69. The molecule has 0 fully saturated rings. The first kappa shape index (κ1) is 23.4. The number of aryl methyl sites for hydroxylation is 1. The molecule has 32 heavy (non-hydrogen) atoms. The van der Waals surface area contributed by atoms with E-state index in [0.717, 1.165) is 11.1 Å². The number of hydrogen-bond donors (Lipinski definition) is 2. The number of nitrogens with one attached hydrogen (secondary N) is 2. The normalized spacial score (nSPS) is 10.6. The summed E-state index contributed by atoms with van der Waals surface area (Å²) in [5.74, 6) is 1.39. The van der Waals surface area contributed by atoms with E-state index in [1.807, 2.05) is 30.3 Å². The molecule has 0 unspecified atom stereocenters. The molecule has 0 atom stereocenters. The first-order valence-corrected chi connectivity index (χ1v) is 10.6. The lowest BCUT2D eigenvalue weighted by Gasteiger charge is -2.13. The van der Waals surface area contributed by atoms with Crippen LogP contribution in [-0.4, -0.2) is 25.1 Å². The molecule has 3 aromatic rings. The molecule has 0 heterocycles. The summed E-state index contributed by atoms with van der Waals surface area (Å²) in [6, 6.07) is 18.5. The van der Waals surface area contributed by atoms with Gasteiger partial charge in [0, 0.05) is 31.8 Å². The molecule has 0 aliphatic carbocycles. The lowest BCUT2D eigenvalue weighted by atomic mass is 10.1. The Hall–Kier alpha value is -3.29. The molecule has 0 radical (unpaired) electrons. The van der Waals surface area contributed by atoms with Crippen LogP contribution in [0.2, 0.25) is 5.02 Å². The van der Waals surface area contributed by atoms with Crippen LogP contribution in [0.25, 0.3) is 0 Å². The van der Waals surface area contributed by atoms with E-state index in [1.54, 1.807) is 13.2 Å². The number of nitro benzene ring substituents is 1. The predicted molar refractivity (Wildman–Crippen MR) is 127 cm³/mol. The minimum Gasteiger partial charge on any atom is -0.493 e. The fourth-order valence-electron chi connectivity index (χ4n) is 3.18. The minimum absolute atomic E-state index is 0.0288. The molecule has 168 valence electrons. The van der Waals surface area contributed by atoms with Gasteiger partial charge in [-0.3, -0.25) is 10.1 Å². The lowest BCUT2D eigenvalue weighted by Crippen LogP contribution is -2.21. The van der Waals surface area contributed by atoms with Crippen molar-refractivity contribution in [1.82, 2.24) is 5.32 Å². The first-order valence-electron chi connectivity index (χ1n) is 10.2. The number of nitro groups is 1. The molecule has 0 aromatic heterocycles. The summed E-state index contributed by atoms with van der Waals surface area (Å²) in [5, 5.41) is 17.6. The van der Waals surface area contributed by atoms with Crippen molar-refractivity contribution in [3.05, 3.63) is 92.5 Å². The molecule has 0 aliphatic heterocycles. The zero-order valence-corrected chi connectivity index (χ0v) is 18.8. The Bertz CT molecular complexity index is 1070. The molecule has 0 spiro atoms. The molecule has 0 amide bonds. The number of nitrogens with zero attached hydrogens (tertiary/aromatic N) is 1. The van der Waals surface area contributed by atoms with Gasteiger partial charge in [-0.1, -0.05) is 47.5 Å². The van der Waals surface area contributed by atoms with Gasteiger partial charge in [-0.2, -0.15) is 0 Å². The summed E-state index contributed by atoms with van der Waals surface area (Å²) >= 11 is 6.09. The third-order valence-electron chi connectivity index (χ3n) is 4.81. The average molecular weight is 456 g/mol. The Labute approximate surface area is 192 Å². The number of ether oxygens (including phenoxy) is 2. The fourth-order valence-corrected chi connectivity index (χ4v) is 3.43. The van der Waals surface area contributed by atoms with E-state index < -0.39 is 4.92 Å². The number of benzene rings is 3. The van der Waals surface area contributed by atoms with E-state index in [2.05, 4.69) is 29.7 Å². The zero-order valence-electron chi connectivity index (χ0n) is 18.1. The summed E-state index contributed by atoms with van der Waals surface area (Å²) in [7, 11) is 1.63. The highest BCUT2D eigenvalue weighted by atomic mass is 35.5. The predicted octanol–water partition coefficient (Wildman–Crippen LogP) is 5.35. The van der Waals surface area contributed by atoms with Crippen LogP contribution < -0.4 is 20.1 Å². The Balaban J connectivity index is 1.46. The second-order valence-electron chi connectivity index (χ2n) is 7.29. The Morgan fingerprint density at radius 3 is 2.56 bits per heavy atom. The molecule has 0 aliphatic rings. The molecule has 7 nitrogen and oxygen atoms in total. The van der Waals surface area contributed by atoms with Gasteiger partial charge < -0.3 is 20.1 Å². The summed E-state index contributed by atoms with van der Waals surface area (Å²) in [4.78, 5) is 10.3. The summed E-state index contributed by atoms with van der Waals surface area (Å²) < 4.78 is 11.4. The molecule has 3 aromatic carbocycles. The van der Waals surface area contributed by atoms with Crippen LogP contribution >= 0.6 is 11.6 Å². The summed E-state index contributed by atoms with van der Waals surface area (Å²) in [6.45, 7) is 4.49. The maximum absolute atomic E-state index is 10.8. The lowest BCUT2D eigenvalue weighted by molar-refractivity contribution is -0.384. The summed E-state index contributed by atoms with van der Waals surface area (Å²) in [5.41, 5.74) is 4.01. The highest BCUT2D eigenvalue weighted by molar-refractivity contribution is 6.33. The third kappa shape index (κ3) is 6.60. The van der Waals surface area contributed by atoms with Crippen LogP contribution in [0.1, 0.15) is 16.7 Å². The molecule has 3 rings (SSSR count). The maximum Gasteiger partial charge on any atom is 0.271 e. The summed E-state index contributed by atoms with van der Waals surface area (Å²) in [6.07, 6.45) is 0. The van der Waals surface area contributed by atoms with Crippen LogP contribution in [0.15, 0.2) is 60.7 Å². The number of non-ortho nitro benzene ring substituents is 1. The topological polar surface area (TPSA) is 85.7 Å². The maximum atomic E-state index is 10.8. The number of halogens is 1. The molecule has 0 saturated heterocycles. The Morgan fingerprint density at radius 1 is 1.00 bits per heavy atom. The smallest absolute Gasteiger partial charge is 0.271 e. The van der Waals surface area contributed by atoms with Crippen LogP contribution in [0.5, 0.6) is 11.5 Å². The highest BCUT2D eigenvalue weighted by Crippen LogP contribution is 2.29. The Morgan fingerprint density at radius 2 is 1.84 bits per heavy atom. The first-order chi connectivity index (χ1) is 15.5. The van der Waals surface area contributed by atoms with E-state index in [-0.39, 0.29) is 5.69 Å². The minimum atomic E-state index is -0.468. The van der Waals surface area contributed by atoms with E-state index in [1.165, 1.54) is 17.7 Å². The van der Waals surface area contributed by atoms with Crippen molar-refractivity contribution in [3.8, 4) is 11.5 Å². The Kier molecular flexibility index (Phi) is 8.30. The van der Waals surface area contributed by atoms with Crippen LogP contribution in [0.3, 0.4) is 0 Å². The van der Waals surface area contributed by atoms with E-state index in [4.69, 9.17) is 21.1 Å². The highest BCUT2D eigenvalue weighted by Gasteiger charge is 2.09. The third-order valence-corrected chi connectivity index (χ3v) is 5.13. The van der Waals surface area contributed by atoms with Crippen molar-refractivity contribution in [2.75, 3.05) is 25.5 Å².